The Hall–Kier alpha value is -0.972. The summed E-state index contributed by atoms with van der Waals surface area (Å²) in [6, 6.07) is -0.231. The largest absolute Gasteiger partial charge is 0.467 e. The molecular weight excluding hydrogens is 354 g/mol. The maximum Gasteiger partial charge on any atom is 0.318 e. The van der Waals surface area contributed by atoms with Crippen molar-refractivity contribution in [1.29, 1.82) is 0 Å². The first kappa shape index (κ1) is 12.0. The van der Waals surface area contributed by atoms with Gasteiger partial charge < -0.3 is 19.3 Å². The molecule has 0 atom stereocenters. The number of hydrogen-bond acceptors (Lipinski definition) is 5. The fourth-order valence-corrected chi connectivity index (χ4v) is 0.548. The van der Waals surface area contributed by atoms with Gasteiger partial charge in [0.25, 0.3) is 0 Å². The molecule has 1 heterocycles. The Kier molecular flexibility index (Phi) is 4.54. The van der Waals surface area contributed by atoms with Gasteiger partial charge in [-0.3, -0.25) is 0 Å². The third kappa shape index (κ3) is 3.10. The Morgan fingerprint density at radius 2 is 1.92 bits per heavy atom. The first-order chi connectivity index (χ1) is 5.63. The average molecular weight is 359 g/mol. The number of aromatic nitrogens is 3. The van der Waals surface area contributed by atoms with Gasteiger partial charge in [-0.1, -0.05) is 0 Å². The van der Waals surface area contributed by atoms with Crippen molar-refractivity contribution in [2.24, 2.45) is 0 Å². The molecule has 1 aromatic heterocycles. The topological polar surface area (TPSA) is 73.9 Å². The predicted molar refractivity (Wildman–Crippen MR) is 35.4 cm³/mol. The predicted octanol–water partition coefficient (Wildman–Crippen LogP) is 0.236. The van der Waals surface area contributed by atoms with Crippen LogP contribution in [-0.4, -0.2) is 22.1 Å². The van der Waals surface area contributed by atoms with Crippen molar-refractivity contribution in [3.8, 4) is 6.01 Å². The zero-order chi connectivity index (χ0) is 9.14. The van der Waals surface area contributed by atoms with E-state index in [0.29, 0.717) is 0 Å². The van der Waals surface area contributed by atoms with Gasteiger partial charge in [-0.2, -0.15) is 4.98 Å². The van der Waals surface area contributed by atoms with Crippen LogP contribution in [0.3, 0.4) is 0 Å². The second kappa shape index (κ2) is 4.91. The first-order valence-electron chi connectivity index (χ1n) is 2.87. The fourth-order valence-electron chi connectivity index (χ4n) is 0.548. The molecule has 0 saturated heterocycles. The summed E-state index contributed by atoms with van der Waals surface area (Å²) in [5.41, 5.74) is 5.08. The quantitative estimate of drug-likeness (QED) is 0.766. The number of methoxy groups -OCH3 is 1. The molecule has 0 aliphatic heterocycles. The van der Waals surface area contributed by atoms with Gasteiger partial charge in [-0.05, 0) is 0 Å². The Balaban J connectivity index is 0.00000144. The van der Waals surface area contributed by atoms with Crippen LogP contribution in [0.4, 0.5) is 14.7 Å². The number of halogens is 2. The number of nitrogen functional groups attached to an aromatic ring is 1. The summed E-state index contributed by atoms with van der Waals surface area (Å²) in [7, 11) is 1.24. The molecule has 1 rings (SSSR count). The smallest absolute Gasteiger partial charge is 0.318 e. The monoisotopic (exact) mass is 359 g/mol. The van der Waals surface area contributed by atoms with E-state index in [4.69, 9.17) is 5.73 Å². The van der Waals surface area contributed by atoms with Gasteiger partial charge in [0, 0.05) is 27.5 Å². The molecule has 0 bridgehead atoms. The molecule has 13 heavy (non-hydrogen) atoms. The van der Waals surface area contributed by atoms with Crippen molar-refractivity contribution in [3.63, 3.8) is 0 Å². The third-order valence-electron chi connectivity index (χ3n) is 0.984. The summed E-state index contributed by atoms with van der Waals surface area (Å²) < 4.78 is 28.3. The van der Waals surface area contributed by atoms with Crippen LogP contribution in [0.1, 0.15) is 5.82 Å². The second-order valence-corrected chi connectivity index (χ2v) is 1.76. The summed E-state index contributed by atoms with van der Waals surface area (Å²) >= 11 is 0. The van der Waals surface area contributed by atoms with Crippen molar-refractivity contribution in [2.45, 2.75) is 0 Å². The maximum atomic E-state index is 11.9. The van der Waals surface area contributed by atoms with Crippen LogP contribution in [0, 0.1) is 6.43 Å². The minimum atomic E-state index is -2.03. The van der Waals surface area contributed by atoms with E-state index in [1.165, 1.54) is 7.11 Å². The van der Waals surface area contributed by atoms with E-state index in [9.17, 15) is 8.78 Å². The molecule has 0 spiro atoms. The number of rotatable bonds is 2. The standard InChI is InChI=1S/C5H5F2N4O.W/c1-12-5-10-3(2(6)7)9-4(8)11-5;/h1H3,(H2,8,9,10,11);/q-1;. The molecule has 2 N–H and O–H groups in total. The molecule has 0 fully saturated rings. The van der Waals surface area contributed by atoms with Crippen LogP contribution in [-0.2, 0) is 21.1 Å². The van der Waals surface area contributed by atoms with Crippen molar-refractivity contribution < 1.29 is 34.6 Å². The SMILES string of the molecule is COc1nc(N)nc([C-](F)F)n1.[W]. The number of hydrogen-bond donors (Lipinski definition) is 1. The normalized spacial score (nSPS) is 8.85. The zero-order valence-electron chi connectivity index (χ0n) is 6.49. The van der Waals surface area contributed by atoms with Gasteiger partial charge in [-0.25, -0.2) is 9.97 Å². The Morgan fingerprint density at radius 3 is 2.38 bits per heavy atom. The number of anilines is 1. The van der Waals surface area contributed by atoms with Gasteiger partial charge in [0.05, 0.1) is 12.9 Å². The molecule has 0 aliphatic rings. The van der Waals surface area contributed by atoms with Gasteiger partial charge in [0.1, 0.15) is 0 Å². The van der Waals surface area contributed by atoms with Crippen molar-refractivity contribution in [1.82, 2.24) is 15.0 Å². The van der Waals surface area contributed by atoms with E-state index in [2.05, 4.69) is 19.7 Å². The minimum absolute atomic E-state index is 0. The van der Waals surface area contributed by atoms with Gasteiger partial charge >= 0.3 is 6.01 Å². The average Bonchev–Trinajstić information content (AvgIpc) is 2.03. The van der Waals surface area contributed by atoms with E-state index in [1.54, 1.807) is 0 Å². The molecule has 1 aromatic rings. The molecular formula is C5H5F2N4OW-. The van der Waals surface area contributed by atoms with Crippen LogP contribution < -0.4 is 10.5 Å². The molecule has 0 unspecified atom stereocenters. The summed E-state index contributed by atoms with van der Waals surface area (Å²) in [6.45, 7) is 0. The van der Waals surface area contributed by atoms with Crippen LogP contribution >= 0.6 is 0 Å². The second-order valence-electron chi connectivity index (χ2n) is 1.76. The minimum Gasteiger partial charge on any atom is -0.467 e. The van der Waals surface area contributed by atoms with Gasteiger partial charge in [0.2, 0.25) is 5.95 Å². The molecule has 0 aromatic carbocycles. The third-order valence-corrected chi connectivity index (χ3v) is 0.984. The number of ether oxygens (including phenoxy) is 1. The van der Waals surface area contributed by atoms with E-state index < -0.39 is 12.2 Å². The molecule has 0 amide bonds. The summed E-state index contributed by atoms with van der Waals surface area (Å²) in [5, 5.41) is 0. The van der Waals surface area contributed by atoms with Crippen molar-refractivity contribution >= 4 is 5.95 Å². The molecule has 72 valence electrons. The van der Waals surface area contributed by atoms with E-state index in [-0.39, 0.29) is 33.0 Å². The van der Waals surface area contributed by atoms with Crippen molar-refractivity contribution in [2.75, 3.05) is 12.8 Å². The molecule has 0 aliphatic carbocycles. The molecule has 0 saturated carbocycles. The molecule has 0 radical (unpaired) electrons. The Labute approximate surface area is 87.0 Å². The van der Waals surface area contributed by atoms with E-state index in [0.717, 1.165) is 0 Å². The Morgan fingerprint density at radius 1 is 1.31 bits per heavy atom. The van der Waals surface area contributed by atoms with Crippen LogP contribution in [0.2, 0.25) is 0 Å². The van der Waals surface area contributed by atoms with Crippen LogP contribution in [0.5, 0.6) is 6.01 Å². The molecule has 5 nitrogen and oxygen atoms in total. The van der Waals surface area contributed by atoms with E-state index >= 15 is 0 Å². The number of nitrogens with two attached hydrogens (primary N) is 1. The Bertz CT molecular complexity index is 285. The first-order valence-corrected chi connectivity index (χ1v) is 2.87. The van der Waals surface area contributed by atoms with Crippen LogP contribution in [0.15, 0.2) is 0 Å². The van der Waals surface area contributed by atoms with Gasteiger partial charge in [0.15, 0.2) is 0 Å². The summed E-state index contributed by atoms with van der Waals surface area (Å²) in [5.74, 6) is -1.07. The van der Waals surface area contributed by atoms with E-state index in [1.807, 2.05) is 0 Å². The van der Waals surface area contributed by atoms with Gasteiger partial charge in [-0.15, -0.1) is 0 Å². The number of nitrogens with zero attached hydrogens (tertiary/aromatic N) is 3. The zero-order valence-corrected chi connectivity index (χ0v) is 9.42. The maximum absolute atomic E-state index is 11.9. The summed E-state index contributed by atoms with van der Waals surface area (Å²) in [6.07, 6.45) is -2.03. The van der Waals surface area contributed by atoms with Crippen LogP contribution in [0.25, 0.3) is 0 Å². The molecule has 8 heteroatoms. The summed E-state index contributed by atoms with van der Waals surface area (Å²) in [4.78, 5) is 9.83. The van der Waals surface area contributed by atoms with Crippen molar-refractivity contribution in [3.05, 3.63) is 12.2 Å². The fraction of sp³-hybridized carbons (Fsp3) is 0.200.